The molecular weight excluding hydrogens is 398 g/mol. The van der Waals surface area contributed by atoms with Crippen molar-refractivity contribution >= 4 is 44.4 Å². The maximum absolute atomic E-state index is 11.9. The first-order chi connectivity index (χ1) is 14.5. The van der Waals surface area contributed by atoms with E-state index in [2.05, 4.69) is 38.1 Å². The molecule has 8 nitrogen and oxygen atoms in total. The van der Waals surface area contributed by atoms with Gasteiger partial charge in [-0.3, -0.25) is 4.79 Å². The van der Waals surface area contributed by atoms with Crippen LogP contribution in [0.1, 0.15) is 12.0 Å². The molecule has 1 atom stereocenters. The minimum atomic E-state index is -0.0274. The second-order valence-corrected chi connectivity index (χ2v) is 8.55. The van der Waals surface area contributed by atoms with Crippen LogP contribution in [-0.2, 0) is 11.3 Å². The van der Waals surface area contributed by atoms with Crippen LogP contribution in [0, 0.1) is 0 Å². The number of nitrogens with zero attached hydrogens (tertiary/aromatic N) is 5. The zero-order valence-electron chi connectivity index (χ0n) is 17.1. The molecule has 0 bridgehead atoms. The fraction of sp³-hybridized carbons (Fsp3) is 0.333. The Hall–Kier alpha value is -3.04. The van der Waals surface area contributed by atoms with Crippen LogP contribution in [0.25, 0.3) is 10.3 Å². The highest BCUT2D eigenvalue weighted by molar-refractivity contribution is 7.21. The molecule has 0 spiro atoms. The molecule has 1 aliphatic rings. The van der Waals surface area contributed by atoms with Gasteiger partial charge < -0.3 is 20.4 Å². The monoisotopic (exact) mass is 423 g/mol. The number of carbonyl (C=O) groups is 1. The molecule has 1 saturated heterocycles. The van der Waals surface area contributed by atoms with Gasteiger partial charge in [-0.25, -0.2) is 15.0 Å². The molecule has 1 fully saturated rings. The van der Waals surface area contributed by atoms with Gasteiger partial charge in [0.15, 0.2) is 5.13 Å². The molecule has 4 rings (SSSR count). The third-order valence-corrected chi connectivity index (χ3v) is 5.71. The largest absolute Gasteiger partial charge is 0.365 e. The lowest BCUT2D eigenvalue weighted by atomic mass is 10.2. The van der Waals surface area contributed by atoms with Gasteiger partial charge in [0.25, 0.3) is 0 Å². The summed E-state index contributed by atoms with van der Waals surface area (Å²) in [6, 6.07) is 8.08. The third-order valence-electron chi connectivity index (χ3n) is 4.81. The van der Waals surface area contributed by atoms with Gasteiger partial charge in [-0.15, -0.1) is 0 Å². The van der Waals surface area contributed by atoms with Crippen molar-refractivity contribution in [1.29, 1.82) is 0 Å². The fourth-order valence-electron chi connectivity index (χ4n) is 3.53. The first kappa shape index (κ1) is 20.2. The molecule has 0 unspecified atom stereocenters. The van der Waals surface area contributed by atoms with E-state index in [-0.39, 0.29) is 11.9 Å². The molecule has 0 aliphatic carbocycles. The summed E-state index contributed by atoms with van der Waals surface area (Å²) in [6.07, 6.45) is 4.02. The van der Waals surface area contributed by atoms with Crippen molar-refractivity contribution in [2.75, 3.05) is 37.8 Å². The van der Waals surface area contributed by atoms with Gasteiger partial charge >= 0.3 is 0 Å². The average Bonchev–Trinajstić information content (AvgIpc) is 3.33. The standard InChI is InChI=1S/C21H25N7OS/c1-4-19(29)28-9-7-15(13-28)23-17-10-14(12-27(2)3)11-18(25-17)26-21-24-16-6-5-8-22-20(16)30-21/h4-6,8,10-11,15H,1,7,9,12-13H2,2-3H3,(H2,23,24,25,26)/t15-/m0/s1. The van der Waals surface area contributed by atoms with E-state index in [9.17, 15) is 4.79 Å². The minimum absolute atomic E-state index is 0.0274. The van der Waals surface area contributed by atoms with Crippen LogP contribution in [-0.4, -0.2) is 63.9 Å². The molecule has 9 heteroatoms. The number of hydrogen-bond donors (Lipinski definition) is 2. The lowest BCUT2D eigenvalue weighted by Gasteiger charge is -2.18. The molecule has 0 radical (unpaired) electrons. The number of thiazole rings is 1. The van der Waals surface area contributed by atoms with Crippen LogP contribution < -0.4 is 10.6 Å². The van der Waals surface area contributed by atoms with Gasteiger partial charge in [0.2, 0.25) is 5.91 Å². The number of anilines is 3. The van der Waals surface area contributed by atoms with Crippen LogP contribution in [0.4, 0.5) is 16.8 Å². The molecule has 0 aromatic carbocycles. The van der Waals surface area contributed by atoms with Crippen molar-refractivity contribution in [2.24, 2.45) is 0 Å². The molecule has 2 N–H and O–H groups in total. The van der Waals surface area contributed by atoms with Gasteiger partial charge in [0.05, 0.1) is 0 Å². The van der Waals surface area contributed by atoms with Crippen molar-refractivity contribution in [1.82, 2.24) is 24.8 Å². The van der Waals surface area contributed by atoms with Crippen molar-refractivity contribution in [3.05, 3.63) is 48.7 Å². The summed E-state index contributed by atoms with van der Waals surface area (Å²) >= 11 is 1.50. The molecular formula is C21H25N7OS. The normalized spacial score (nSPS) is 16.2. The van der Waals surface area contributed by atoms with E-state index in [0.717, 1.165) is 52.2 Å². The van der Waals surface area contributed by atoms with Gasteiger partial charge in [0, 0.05) is 31.9 Å². The maximum Gasteiger partial charge on any atom is 0.246 e. The highest BCUT2D eigenvalue weighted by Gasteiger charge is 2.25. The van der Waals surface area contributed by atoms with Crippen LogP contribution in [0.15, 0.2) is 43.1 Å². The number of aromatic nitrogens is 3. The first-order valence-electron chi connectivity index (χ1n) is 9.82. The number of nitrogens with one attached hydrogen (secondary N) is 2. The Morgan fingerprint density at radius 3 is 2.97 bits per heavy atom. The van der Waals surface area contributed by atoms with Crippen LogP contribution in [0.2, 0.25) is 0 Å². The Bertz CT molecular complexity index is 1030. The second-order valence-electron chi connectivity index (χ2n) is 7.57. The predicted molar refractivity (Wildman–Crippen MR) is 121 cm³/mol. The van der Waals surface area contributed by atoms with E-state index in [4.69, 9.17) is 4.98 Å². The first-order valence-corrected chi connectivity index (χ1v) is 10.6. The predicted octanol–water partition coefficient (Wildman–Crippen LogP) is 3.09. The molecule has 156 valence electrons. The third kappa shape index (κ3) is 4.74. The van der Waals surface area contributed by atoms with Gasteiger partial charge in [-0.2, -0.15) is 0 Å². The second kappa shape index (κ2) is 8.76. The molecule has 1 amide bonds. The number of carbonyl (C=O) groups excluding carboxylic acids is 1. The van der Waals surface area contributed by atoms with Crippen LogP contribution in [0.5, 0.6) is 0 Å². The van der Waals surface area contributed by atoms with Gasteiger partial charge in [-0.05, 0) is 56.4 Å². The van der Waals surface area contributed by atoms with Crippen molar-refractivity contribution in [3.63, 3.8) is 0 Å². The van der Waals surface area contributed by atoms with Crippen molar-refractivity contribution < 1.29 is 4.79 Å². The fourth-order valence-corrected chi connectivity index (χ4v) is 4.35. The zero-order valence-corrected chi connectivity index (χ0v) is 17.9. The summed E-state index contributed by atoms with van der Waals surface area (Å²) in [6.45, 7) is 5.74. The van der Waals surface area contributed by atoms with E-state index in [1.807, 2.05) is 37.2 Å². The Kier molecular flexibility index (Phi) is 5.91. The highest BCUT2D eigenvalue weighted by Crippen LogP contribution is 2.27. The number of likely N-dealkylation sites (tertiary alicyclic amines) is 1. The lowest BCUT2D eigenvalue weighted by Crippen LogP contribution is -2.30. The van der Waals surface area contributed by atoms with Crippen LogP contribution in [0.3, 0.4) is 0 Å². The van der Waals surface area contributed by atoms with E-state index in [1.165, 1.54) is 17.4 Å². The molecule has 1 aliphatic heterocycles. The minimum Gasteiger partial charge on any atom is -0.365 e. The molecule has 3 aromatic rings. The topological polar surface area (TPSA) is 86.3 Å². The Morgan fingerprint density at radius 2 is 2.20 bits per heavy atom. The van der Waals surface area contributed by atoms with Crippen LogP contribution >= 0.6 is 11.3 Å². The quantitative estimate of drug-likeness (QED) is 0.565. The van der Waals surface area contributed by atoms with E-state index in [1.54, 1.807) is 6.20 Å². The summed E-state index contributed by atoms with van der Waals surface area (Å²) in [5.74, 6) is 1.49. The van der Waals surface area contributed by atoms with Gasteiger partial charge in [-0.1, -0.05) is 17.9 Å². The summed E-state index contributed by atoms with van der Waals surface area (Å²) in [7, 11) is 4.07. The molecule has 0 saturated carbocycles. The van der Waals surface area contributed by atoms with Crippen molar-refractivity contribution in [3.8, 4) is 0 Å². The van der Waals surface area contributed by atoms with E-state index < -0.39 is 0 Å². The van der Waals surface area contributed by atoms with E-state index in [0.29, 0.717) is 6.54 Å². The SMILES string of the molecule is C=CC(=O)N1CC[C@H](Nc2cc(CN(C)C)cc(Nc3nc4cccnc4s3)n2)C1. The molecule has 30 heavy (non-hydrogen) atoms. The Labute approximate surface area is 179 Å². The Balaban J connectivity index is 1.54. The smallest absolute Gasteiger partial charge is 0.246 e. The van der Waals surface area contributed by atoms with Crippen molar-refractivity contribution in [2.45, 2.75) is 19.0 Å². The Morgan fingerprint density at radius 1 is 1.37 bits per heavy atom. The molecule has 4 heterocycles. The summed E-state index contributed by atoms with van der Waals surface area (Å²) in [4.78, 5) is 30.4. The maximum atomic E-state index is 11.9. The zero-order chi connectivity index (χ0) is 21.1. The highest BCUT2D eigenvalue weighted by atomic mass is 32.1. The molecule has 3 aromatic heterocycles. The summed E-state index contributed by atoms with van der Waals surface area (Å²) in [5, 5.41) is 7.57. The number of pyridine rings is 2. The number of amides is 1. The van der Waals surface area contributed by atoms with E-state index >= 15 is 0 Å². The summed E-state index contributed by atoms with van der Waals surface area (Å²) in [5.41, 5.74) is 2.00. The number of rotatable bonds is 7. The summed E-state index contributed by atoms with van der Waals surface area (Å²) < 4.78 is 0. The van der Waals surface area contributed by atoms with Gasteiger partial charge in [0.1, 0.15) is 22.0 Å². The average molecular weight is 424 g/mol. The lowest BCUT2D eigenvalue weighted by molar-refractivity contribution is -0.125. The number of hydrogen-bond acceptors (Lipinski definition) is 8. The number of fused-ring (bicyclic) bond motifs is 1.